The summed E-state index contributed by atoms with van der Waals surface area (Å²) < 4.78 is 0. The minimum atomic E-state index is -0.263. The van der Waals surface area contributed by atoms with Crippen molar-refractivity contribution >= 4 is 17.4 Å². The standard InChI is InChI=1S/C17H21ClO/c1-4-8-17(9-7-13(3)18)11-14-10-12(2)5-6-15(14)16(17)19/h5-7,10H,4,8-9,11H2,1-3H3/b13-7-. The zero-order valence-corrected chi connectivity index (χ0v) is 12.7. The van der Waals surface area contributed by atoms with E-state index >= 15 is 0 Å². The second-order valence-electron chi connectivity index (χ2n) is 5.69. The van der Waals surface area contributed by atoms with Gasteiger partial charge in [0.05, 0.1) is 0 Å². The number of allylic oxidation sites excluding steroid dienone is 2. The Hall–Kier alpha value is -1.08. The Kier molecular flexibility index (Phi) is 4.15. The van der Waals surface area contributed by atoms with Crippen molar-refractivity contribution in [2.75, 3.05) is 0 Å². The normalized spacial score (nSPS) is 22.7. The van der Waals surface area contributed by atoms with Crippen LogP contribution >= 0.6 is 11.6 Å². The van der Waals surface area contributed by atoms with Crippen LogP contribution in [0.2, 0.25) is 0 Å². The molecule has 1 aromatic carbocycles. The molecule has 0 heterocycles. The molecule has 0 aromatic heterocycles. The summed E-state index contributed by atoms with van der Waals surface area (Å²) in [5.41, 5.74) is 3.09. The number of ketones is 1. The van der Waals surface area contributed by atoms with Gasteiger partial charge < -0.3 is 0 Å². The maximum atomic E-state index is 12.8. The van der Waals surface area contributed by atoms with Crippen LogP contribution in [0.4, 0.5) is 0 Å². The zero-order valence-electron chi connectivity index (χ0n) is 11.9. The van der Waals surface area contributed by atoms with E-state index in [-0.39, 0.29) is 5.41 Å². The van der Waals surface area contributed by atoms with Crippen LogP contribution in [0.3, 0.4) is 0 Å². The third-order valence-electron chi connectivity index (χ3n) is 4.02. The lowest BCUT2D eigenvalue weighted by Crippen LogP contribution is -2.27. The highest BCUT2D eigenvalue weighted by Crippen LogP contribution is 2.44. The molecule has 1 aliphatic rings. The molecule has 1 nitrogen and oxygen atoms in total. The average molecular weight is 277 g/mol. The largest absolute Gasteiger partial charge is 0.294 e. The molecule has 0 amide bonds. The lowest BCUT2D eigenvalue weighted by Gasteiger charge is -2.25. The Balaban J connectivity index is 2.38. The minimum absolute atomic E-state index is 0.263. The number of Topliss-reactive ketones (excluding diaryl/α,β-unsaturated/α-hetero) is 1. The van der Waals surface area contributed by atoms with Crippen molar-refractivity contribution in [3.8, 4) is 0 Å². The number of hydrogen-bond donors (Lipinski definition) is 0. The molecular formula is C17H21ClO. The van der Waals surface area contributed by atoms with E-state index in [1.165, 1.54) is 11.1 Å². The zero-order chi connectivity index (χ0) is 14.0. The molecule has 0 N–H and O–H groups in total. The van der Waals surface area contributed by atoms with E-state index in [2.05, 4.69) is 19.9 Å². The van der Waals surface area contributed by atoms with Gasteiger partial charge in [0, 0.05) is 16.0 Å². The Bertz CT molecular complexity index is 526. The molecule has 1 aromatic rings. The van der Waals surface area contributed by atoms with Crippen LogP contribution in [0.25, 0.3) is 0 Å². The van der Waals surface area contributed by atoms with Crippen molar-refractivity contribution in [3.63, 3.8) is 0 Å². The first-order valence-corrected chi connectivity index (χ1v) is 7.33. The summed E-state index contributed by atoms with van der Waals surface area (Å²) in [6.07, 6.45) is 5.56. The molecule has 0 aliphatic heterocycles. The van der Waals surface area contributed by atoms with Crippen LogP contribution in [0.5, 0.6) is 0 Å². The smallest absolute Gasteiger partial charge is 0.169 e. The van der Waals surface area contributed by atoms with Gasteiger partial charge in [-0.2, -0.15) is 0 Å². The van der Waals surface area contributed by atoms with Crippen molar-refractivity contribution in [1.29, 1.82) is 0 Å². The third-order valence-corrected chi connectivity index (χ3v) is 4.17. The Labute approximate surface area is 120 Å². The van der Waals surface area contributed by atoms with E-state index in [0.29, 0.717) is 5.78 Å². The third kappa shape index (κ3) is 2.76. The van der Waals surface area contributed by atoms with Gasteiger partial charge >= 0.3 is 0 Å². The van der Waals surface area contributed by atoms with Crippen molar-refractivity contribution < 1.29 is 4.79 Å². The molecule has 0 saturated carbocycles. The van der Waals surface area contributed by atoms with E-state index in [0.717, 1.165) is 36.3 Å². The molecule has 19 heavy (non-hydrogen) atoms. The van der Waals surface area contributed by atoms with Crippen molar-refractivity contribution in [2.24, 2.45) is 5.41 Å². The summed E-state index contributed by atoms with van der Waals surface area (Å²) in [5.74, 6) is 0.304. The number of halogens is 1. The number of rotatable bonds is 4. The fourth-order valence-corrected chi connectivity index (χ4v) is 3.18. The first-order chi connectivity index (χ1) is 8.98. The van der Waals surface area contributed by atoms with Gasteiger partial charge in [-0.3, -0.25) is 4.79 Å². The number of carbonyl (C=O) groups excluding carboxylic acids is 1. The van der Waals surface area contributed by atoms with Gasteiger partial charge in [0.2, 0.25) is 0 Å². The van der Waals surface area contributed by atoms with Gasteiger partial charge in [0.1, 0.15) is 0 Å². The summed E-state index contributed by atoms with van der Waals surface area (Å²) in [7, 11) is 0. The predicted octanol–water partition coefficient (Wildman–Crippen LogP) is 5.05. The van der Waals surface area contributed by atoms with Gasteiger partial charge in [-0.25, -0.2) is 0 Å². The predicted molar refractivity (Wildman–Crippen MR) is 80.8 cm³/mol. The van der Waals surface area contributed by atoms with Crippen LogP contribution in [0, 0.1) is 12.3 Å². The Morgan fingerprint density at radius 1 is 1.47 bits per heavy atom. The van der Waals surface area contributed by atoms with Crippen molar-refractivity contribution in [3.05, 3.63) is 46.0 Å². The summed E-state index contributed by atoms with van der Waals surface area (Å²) in [6, 6.07) is 6.17. The van der Waals surface area contributed by atoms with E-state index in [9.17, 15) is 4.79 Å². The monoisotopic (exact) mass is 276 g/mol. The summed E-state index contributed by atoms with van der Waals surface area (Å²) in [6.45, 7) is 6.09. The van der Waals surface area contributed by atoms with E-state index in [4.69, 9.17) is 11.6 Å². The lowest BCUT2D eigenvalue weighted by atomic mass is 9.76. The quantitative estimate of drug-likeness (QED) is 0.752. The maximum absolute atomic E-state index is 12.8. The van der Waals surface area contributed by atoms with Gasteiger partial charge in [0.25, 0.3) is 0 Å². The molecule has 102 valence electrons. The van der Waals surface area contributed by atoms with Gasteiger partial charge in [-0.15, -0.1) is 0 Å². The molecule has 1 unspecified atom stereocenters. The Morgan fingerprint density at radius 3 is 2.84 bits per heavy atom. The minimum Gasteiger partial charge on any atom is -0.294 e. The SMILES string of the molecule is CCCC1(C/C=C(/C)Cl)Cc2cc(C)ccc2C1=O. The van der Waals surface area contributed by atoms with Gasteiger partial charge in [-0.05, 0) is 38.7 Å². The van der Waals surface area contributed by atoms with Crippen molar-refractivity contribution in [2.45, 2.75) is 46.5 Å². The lowest BCUT2D eigenvalue weighted by molar-refractivity contribution is 0.0806. The summed E-state index contributed by atoms with van der Waals surface area (Å²) >= 11 is 5.95. The first-order valence-electron chi connectivity index (χ1n) is 6.95. The second-order valence-corrected chi connectivity index (χ2v) is 6.29. The molecule has 0 radical (unpaired) electrons. The Morgan fingerprint density at radius 2 is 2.21 bits per heavy atom. The molecule has 2 rings (SSSR count). The number of benzene rings is 1. The van der Waals surface area contributed by atoms with Crippen LogP contribution in [-0.4, -0.2) is 5.78 Å². The fraction of sp³-hybridized carbons (Fsp3) is 0.471. The topological polar surface area (TPSA) is 17.1 Å². The average Bonchev–Trinajstić information content (AvgIpc) is 2.61. The number of hydrogen-bond acceptors (Lipinski definition) is 1. The summed E-state index contributed by atoms with van der Waals surface area (Å²) in [5, 5.41) is 0.774. The van der Waals surface area contributed by atoms with Gasteiger partial charge in [-0.1, -0.05) is 54.8 Å². The van der Waals surface area contributed by atoms with Crippen molar-refractivity contribution in [1.82, 2.24) is 0 Å². The number of fused-ring (bicyclic) bond motifs is 1. The summed E-state index contributed by atoms with van der Waals surface area (Å²) in [4.78, 5) is 12.8. The number of carbonyl (C=O) groups is 1. The molecule has 0 fully saturated rings. The number of aryl methyl sites for hydroxylation is 1. The molecule has 0 bridgehead atoms. The molecular weight excluding hydrogens is 256 g/mol. The fourth-order valence-electron chi connectivity index (χ4n) is 3.10. The van der Waals surface area contributed by atoms with E-state index in [1.54, 1.807) is 0 Å². The highest BCUT2D eigenvalue weighted by atomic mass is 35.5. The molecule has 0 spiro atoms. The first kappa shape index (κ1) is 14.3. The van der Waals surface area contributed by atoms with Gasteiger partial charge in [0.15, 0.2) is 5.78 Å². The van der Waals surface area contributed by atoms with Crippen LogP contribution < -0.4 is 0 Å². The molecule has 1 atom stereocenters. The highest BCUT2D eigenvalue weighted by molar-refractivity contribution is 6.29. The highest BCUT2D eigenvalue weighted by Gasteiger charge is 2.43. The van der Waals surface area contributed by atoms with Crippen LogP contribution in [-0.2, 0) is 6.42 Å². The maximum Gasteiger partial charge on any atom is 0.169 e. The molecule has 2 heteroatoms. The van der Waals surface area contributed by atoms with E-state index in [1.807, 2.05) is 25.1 Å². The molecule has 1 aliphatic carbocycles. The van der Waals surface area contributed by atoms with E-state index < -0.39 is 0 Å². The second kappa shape index (κ2) is 5.50. The van der Waals surface area contributed by atoms with Crippen LogP contribution in [0.15, 0.2) is 29.3 Å². The van der Waals surface area contributed by atoms with Crippen LogP contribution in [0.1, 0.15) is 54.6 Å². The molecule has 0 saturated heterocycles.